The number of anilines is 3. The van der Waals surface area contributed by atoms with Crippen LogP contribution in [0.15, 0.2) is 48.5 Å². The highest BCUT2D eigenvalue weighted by molar-refractivity contribution is 6.32. The lowest BCUT2D eigenvalue weighted by Crippen LogP contribution is -2.17. The lowest BCUT2D eigenvalue weighted by Gasteiger charge is -2.21. The molecule has 3 aromatic rings. The van der Waals surface area contributed by atoms with Crippen molar-refractivity contribution >= 4 is 41.7 Å². The quantitative estimate of drug-likeness (QED) is 0.430. The van der Waals surface area contributed by atoms with Gasteiger partial charge in [0.05, 0.1) is 5.52 Å². The van der Waals surface area contributed by atoms with Crippen molar-refractivity contribution in [2.24, 2.45) is 5.84 Å². The highest BCUT2D eigenvalue weighted by Crippen LogP contribution is 2.28. The van der Waals surface area contributed by atoms with E-state index in [9.17, 15) is 0 Å². The molecule has 0 aliphatic heterocycles. The normalized spacial score (nSPS) is 10.6. The highest BCUT2D eigenvalue weighted by Gasteiger charge is 2.12. The largest absolute Gasteiger partial charge is 0.329 e. The van der Waals surface area contributed by atoms with Crippen LogP contribution in [-0.4, -0.2) is 24.9 Å². The summed E-state index contributed by atoms with van der Waals surface area (Å²) in [4.78, 5) is 10.8. The van der Waals surface area contributed by atoms with Crippen LogP contribution in [0.2, 0.25) is 0 Å². The van der Waals surface area contributed by atoms with Crippen LogP contribution in [0.1, 0.15) is 0 Å². The van der Waals surface area contributed by atoms with Crippen molar-refractivity contribution in [3.63, 3.8) is 0 Å². The number of nitrogens with zero attached hydrogens (tertiary/aromatic N) is 3. The zero-order valence-corrected chi connectivity index (χ0v) is 11.6. The predicted octanol–water partition coefficient (Wildman–Crippen LogP) is 1.48. The molecule has 3 rings (SSSR count). The van der Waals surface area contributed by atoms with Gasteiger partial charge in [-0.1, -0.05) is 29.7 Å². The van der Waals surface area contributed by atoms with E-state index in [2.05, 4.69) is 15.4 Å². The van der Waals surface area contributed by atoms with Crippen LogP contribution in [0.5, 0.6) is 0 Å². The average Bonchev–Trinajstić information content (AvgIpc) is 2.53. The highest BCUT2D eigenvalue weighted by atomic mass is 15.3. The van der Waals surface area contributed by atoms with Gasteiger partial charge in [-0.2, -0.15) is 4.98 Å². The predicted molar refractivity (Wildman–Crippen MR) is 87.2 cm³/mol. The van der Waals surface area contributed by atoms with Crippen LogP contribution in [-0.2, 0) is 0 Å². The Hall–Kier alpha value is -2.60. The van der Waals surface area contributed by atoms with E-state index in [0.717, 1.165) is 22.4 Å². The topological polar surface area (TPSA) is 67.1 Å². The van der Waals surface area contributed by atoms with E-state index in [0.29, 0.717) is 11.4 Å². The van der Waals surface area contributed by atoms with Gasteiger partial charge >= 0.3 is 0 Å². The first-order chi connectivity index (χ1) is 10.2. The molecule has 21 heavy (non-hydrogen) atoms. The summed E-state index contributed by atoms with van der Waals surface area (Å²) in [6, 6.07) is 15.4. The van der Waals surface area contributed by atoms with Crippen LogP contribution in [0.3, 0.4) is 0 Å². The van der Waals surface area contributed by atoms with E-state index in [1.807, 2.05) is 60.5 Å². The molecule has 102 valence electrons. The van der Waals surface area contributed by atoms with Crippen LogP contribution >= 0.6 is 0 Å². The lowest BCUT2D eigenvalue weighted by molar-refractivity contribution is 1.09. The Morgan fingerprint density at radius 2 is 1.90 bits per heavy atom. The number of hydrazine groups is 1. The summed E-state index contributed by atoms with van der Waals surface area (Å²) >= 11 is 0. The summed E-state index contributed by atoms with van der Waals surface area (Å²) in [5.74, 6) is 6.60. The molecule has 1 aromatic heterocycles. The third kappa shape index (κ3) is 2.53. The number of hydrogen-bond donors (Lipinski definition) is 2. The molecule has 0 saturated heterocycles. The van der Waals surface area contributed by atoms with Gasteiger partial charge in [0.25, 0.3) is 0 Å². The summed E-state index contributed by atoms with van der Waals surface area (Å²) in [7, 11) is 7.79. The first-order valence-corrected chi connectivity index (χ1v) is 6.51. The van der Waals surface area contributed by atoms with E-state index in [-0.39, 0.29) is 0 Å². The Balaban J connectivity index is 2.18. The van der Waals surface area contributed by atoms with Crippen LogP contribution in [0.25, 0.3) is 10.9 Å². The molecule has 5 nitrogen and oxygen atoms in total. The fraction of sp³-hybridized carbons (Fsp3) is 0.0667. The second kappa shape index (κ2) is 5.42. The number of nitrogens with one attached hydrogen (secondary N) is 1. The maximum Gasteiger partial charge on any atom is 0.239 e. The second-order valence-electron chi connectivity index (χ2n) is 4.69. The zero-order chi connectivity index (χ0) is 14.8. The maximum atomic E-state index is 5.85. The van der Waals surface area contributed by atoms with E-state index in [4.69, 9.17) is 13.7 Å². The molecular weight excluding hydrogens is 261 g/mol. The number of nitrogens with two attached hydrogens (primary N) is 1. The van der Waals surface area contributed by atoms with Gasteiger partial charge in [-0.05, 0) is 24.3 Å². The number of nitrogen functional groups attached to an aromatic ring is 1. The van der Waals surface area contributed by atoms with Crippen LogP contribution in [0, 0.1) is 0 Å². The molecule has 0 aliphatic carbocycles. The summed E-state index contributed by atoms with van der Waals surface area (Å²) in [6.07, 6.45) is 0. The minimum absolute atomic E-state index is 0.374. The van der Waals surface area contributed by atoms with Crippen LogP contribution in [0.4, 0.5) is 17.5 Å². The molecule has 0 fully saturated rings. The van der Waals surface area contributed by atoms with Crippen molar-refractivity contribution in [1.82, 2.24) is 9.97 Å². The van der Waals surface area contributed by atoms with Gasteiger partial charge in [-0.15, -0.1) is 0 Å². The standard InChI is InChI=1S/C15H14BN5/c1-21(11-6-4-5-10(16)9-11)14-12-7-2-3-8-13(12)18-15(19-14)20-17/h2-9H,17H2,1H3,(H,18,19,20). The lowest BCUT2D eigenvalue weighted by atomic mass is 9.96. The Labute approximate surface area is 124 Å². The van der Waals surface area contributed by atoms with Gasteiger partial charge in [0.1, 0.15) is 13.7 Å². The Bertz CT molecular complexity index is 790. The number of fused-ring (bicyclic) bond motifs is 1. The molecule has 6 heteroatoms. The third-order valence-corrected chi connectivity index (χ3v) is 3.29. The van der Waals surface area contributed by atoms with Gasteiger partial charge in [0.2, 0.25) is 5.95 Å². The SMILES string of the molecule is [B]c1cccc(N(C)c2nc(NN)nc3ccccc23)c1. The zero-order valence-electron chi connectivity index (χ0n) is 11.6. The Morgan fingerprint density at radius 3 is 2.67 bits per heavy atom. The number of rotatable bonds is 3. The Kier molecular flexibility index (Phi) is 3.45. The molecule has 0 amide bonds. The summed E-state index contributed by atoms with van der Waals surface area (Å²) in [6.45, 7) is 0. The third-order valence-electron chi connectivity index (χ3n) is 3.29. The molecule has 0 unspecified atom stereocenters. The summed E-state index contributed by atoms with van der Waals surface area (Å²) in [5.41, 5.74) is 4.98. The number of hydrogen-bond acceptors (Lipinski definition) is 5. The molecule has 0 atom stereocenters. The van der Waals surface area contributed by atoms with Crippen molar-refractivity contribution in [2.45, 2.75) is 0 Å². The van der Waals surface area contributed by atoms with Crippen molar-refractivity contribution < 1.29 is 0 Å². The molecule has 0 aliphatic rings. The molecular formula is C15H14BN5. The second-order valence-corrected chi connectivity index (χ2v) is 4.69. The van der Waals surface area contributed by atoms with Gasteiger partial charge in [0, 0.05) is 18.1 Å². The monoisotopic (exact) mass is 275 g/mol. The molecule has 0 bridgehead atoms. The van der Waals surface area contributed by atoms with Crippen LogP contribution < -0.4 is 21.6 Å². The molecule has 2 aromatic carbocycles. The summed E-state index contributed by atoms with van der Waals surface area (Å²) in [5, 5.41) is 0.946. The first kappa shape index (κ1) is 13.4. The van der Waals surface area contributed by atoms with E-state index in [1.54, 1.807) is 0 Å². The van der Waals surface area contributed by atoms with Gasteiger partial charge in [-0.3, -0.25) is 5.43 Å². The fourth-order valence-corrected chi connectivity index (χ4v) is 2.24. The number of para-hydroxylation sites is 1. The average molecular weight is 275 g/mol. The van der Waals surface area contributed by atoms with Gasteiger partial charge < -0.3 is 4.90 Å². The Morgan fingerprint density at radius 1 is 1.10 bits per heavy atom. The number of aromatic nitrogens is 2. The molecule has 2 radical (unpaired) electrons. The summed E-state index contributed by atoms with van der Waals surface area (Å²) < 4.78 is 0. The smallest absolute Gasteiger partial charge is 0.239 e. The minimum Gasteiger partial charge on any atom is -0.329 e. The van der Waals surface area contributed by atoms with Crippen molar-refractivity contribution in [1.29, 1.82) is 0 Å². The van der Waals surface area contributed by atoms with E-state index >= 15 is 0 Å². The van der Waals surface area contributed by atoms with Crippen molar-refractivity contribution in [2.75, 3.05) is 17.4 Å². The first-order valence-electron chi connectivity index (χ1n) is 6.51. The van der Waals surface area contributed by atoms with E-state index in [1.165, 1.54) is 0 Å². The molecule has 1 heterocycles. The van der Waals surface area contributed by atoms with Gasteiger partial charge in [-0.25, -0.2) is 10.8 Å². The van der Waals surface area contributed by atoms with Crippen molar-refractivity contribution in [3.8, 4) is 0 Å². The van der Waals surface area contributed by atoms with Crippen molar-refractivity contribution in [3.05, 3.63) is 48.5 Å². The fourth-order valence-electron chi connectivity index (χ4n) is 2.24. The molecule has 0 saturated carbocycles. The molecule has 3 N–H and O–H groups in total. The maximum absolute atomic E-state index is 5.85. The number of benzene rings is 2. The van der Waals surface area contributed by atoms with E-state index < -0.39 is 0 Å². The van der Waals surface area contributed by atoms with Gasteiger partial charge in [0.15, 0.2) is 0 Å². The minimum atomic E-state index is 0.374. The molecule has 0 spiro atoms.